The maximum atomic E-state index is 14.0. The fourth-order valence-corrected chi connectivity index (χ4v) is 6.01. The molecule has 0 aliphatic carbocycles. The van der Waals surface area contributed by atoms with Crippen LogP contribution in [0.1, 0.15) is 95.8 Å². The van der Waals surface area contributed by atoms with Gasteiger partial charge in [-0.15, -0.1) is 0 Å². The van der Waals surface area contributed by atoms with Crippen molar-refractivity contribution in [3.05, 3.63) is 34.9 Å². The number of nitrogens with one attached hydrogen (secondary N) is 2. The Labute approximate surface area is 231 Å². The monoisotopic (exact) mass is 527 g/mol. The molecule has 6 heteroatoms. The standard InChI is InChI=1S/C32H53N3O3/c1-23(2)18-28-22-38-17-9-7-8-12-32(31(37)34-29(19-24(3)4)30(36)33-28)13-15-35(16-14-32)21-27-11-10-25(5)26(6)20-27/h10-11,20,23-24,28-29H,7-9,12-19,21-22H2,1-6H3,(H,33,36)(H,34,37)/t28-,29-/m0/s1. The number of hydrogen-bond donors (Lipinski definition) is 2. The largest absolute Gasteiger partial charge is 0.379 e. The van der Waals surface area contributed by atoms with E-state index in [2.05, 4.69) is 75.3 Å². The van der Waals surface area contributed by atoms with Gasteiger partial charge >= 0.3 is 0 Å². The molecule has 2 aliphatic heterocycles. The van der Waals surface area contributed by atoms with Crippen LogP contribution in [0.15, 0.2) is 18.2 Å². The average Bonchev–Trinajstić information content (AvgIpc) is 2.85. The molecular weight excluding hydrogens is 474 g/mol. The average molecular weight is 528 g/mol. The van der Waals surface area contributed by atoms with E-state index in [-0.39, 0.29) is 17.9 Å². The number of hydrogen-bond acceptors (Lipinski definition) is 4. The van der Waals surface area contributed by atoms with E-state index in [0.717, 1.165) is 64.6 Å². The van der Waals surface area contributed by atoms with Gasteiger partial charge in [-0.3, -0.25) is 14.5 Å². The highest BCUT2D eigenvalue weighted by Crippen LogP contribution is 2.38. The molecule has 0 unspecified atom stereocenters. The fraction of sp³-hybridized carbons (Fsp3) is 0.750. The maximum absolute atomic E-state index is 14.0. The minimum atomic E-state index is -0.509. The second-order valence-electron chi connectivity index (χ2n) is 12.9. The lowest BCUT2D eigenvalue weighted by molar-refractivity contribution is -0.139. The number of aryl methyl sites for hydroxylation is 2. The van der Waals surface area contributed by atoms with Crippen LogP contribution in [0.2, 0.25) is 0 Å². The fourth-order valence-electron chi connectivity index (χ4n) is 6.01. The van der Waals surface area contributed by atoms with Gasteiger partial charge in [0.2, 0.25) is 11.8 Å². The third-order valence-electron chi connectivity index (χ3n) is 8.47. The molecule has 0 radical (unpaired) electrons. The van der Waals surface area contributed by atoms with E-state index >= 15 is 0 Å². The van der Waals surface area contributed by atoms with Gasteiger partial charge in [0.1, 0.15) is 6.04 Å². The number of piperidine rings is 1. The first-order valence-electron chi connectivity index (χ1n) is 15.1. The molecule has 2 aliphatic rings. The normalized spacial score (nSPS) is 24.3. The molecule has 0 bridgehead atoms. The van der Waals surface area contributed by atoms with Crippen LogP contribution in [0.5, 0.6) is 0 Å². The summed E-state index contributed by atoms with van der Waals surface area (Å²) >= 11 is 0. The van der Waals surface area contributed by atoms with Crippen LogP contribution in [0, 0.1) is 31.1 Å². The molecule has 1 aromatic rings. The first-order chi connectivity index (χ1) is 18.1. The molecule has 3 rings (SSSR count). The number of likely N-dealkylation sites (tertiary alicyclic amines) is 1. The molecular formula is C32H53N3O3. The lowest BCUT2D eigenvalue weighted by atomic mass is 9.73. The summed E-state index contributed by atoms with van der Waals surface area (Å²) in [5, 5.41) is 6.48. The van der Waals surface area contributed by atoms with Gasteiger partial charge in [0.15, 0.2) is 0 Å². The van der Waals surface area contributed by atoms with Crippen molar-refractivity contribution >= 4 is 11.8 Å². The molecule has 2 amide bonds. The van der Waals surface area contributed by atoms with Crippen molar-refractivity contribution in [3.63, 3.8) is 0 Å². The zero-order valence-electron chi connectivity index (χ0n) is 24.9. The molecule has 2 heterocycles. The minimum Gasteiger partial charge on any atom is -0.379 e. The third-order valence-corrected chi connectivity index (χ3v) is 8.47. The van der Waals surface area contributed by atoms with Gasteiger partial charge < -0.3 is 15.4 Å². The molecule has 2 atom stereocenters. The Morgan fingerprint density at radius 3 is 2.29 bits per heavy atom. The van der Waals surface area contributed by atoms with Crippen molar-refractivity contribution in [1.29, 1.82) is 0 Å². The van der Waals surface area contributed by atoms with Gasteiger partial charge in [0.25, 0.3) is 0 Å². The van der Waals surface area contributed by atoms with Gasteiger partial charge in [0, 0.05) is 13.2 Å². The van der Waals surface area contributed by atoms with Gasteiger partial charge in [-0.1, -0.05) is 58.7 Å². The van der Waals surface area contributed by atoms with E-state index < -0.39 is 11.5 Å². The Hall–Kier alpha value is -1.92. The molecule has 2 saturated heterocycles. The highest BCUT2D eigenvalue weighted by Gasteiger charge is 2.42. The second-order valence-corrected chi connectivity index (χ2v) is 12.9. The Kier molecular flexibility index (Phi) is 11.7. The van der Waals surface area contributed by atoms with E-state index in [0.29, 0.717) is 31.5 Å². The zero-order valence-corrected chi connectivity index (χ0v) is 24.9. The molecule has 1 aromatic carbocycles. The number of benzene rings is 1. The van der Waals surface area contributed by atoms with Crippen molar-refractivity contribution in [2.75, 3.05) is 26.3 Å². The first-order valence-corrected chi connectivity index (χ1v) is 15.1. The van der Waals surface area contributed by atoms with Crippen molar-refractivity contribution < 1.29 is 14.3 Å². The van der Waals surface area contributed by atoms with Crippen LogP contribution in [0.25, 0.3) is 0 Å². The van der Waals surface area contributed by atoms with E-state index in [1.165, 1.54) is 16.7 Å². The molecule has 0 saturated carbocycles. The lowest BCUT2D eigenvalue weighted by Gasteiger charge is -2.42. The molecule has 0 aromatic heterocycles. The molecule has 1 spiro atoms. The van der Waals surface area contributed by atoms with Crippen LogP contribution in [0.4, 0.5) is 0 Å². The molecule has 2 fully saturated rings. The van der Waals surface area contributed by atoms with Crippen LogP contribution < -0.4 is 10.6 Å². The summed E-state index contributed by atoms with van der Waals surface area (Å²) in [6.07, 6.45) is 7.15. The second kappa shape index (κ2) is 14.5. The summed E-state index contributed by atoms with van der Waals surface area (Å²) in [5.41, 5.74) is 3.58. The Morgan fingerprint density at radius 1 is 0.921 bits per heavy atom. The SMILES string of the molecule is Cc1ccc(CN2CCC3(CCCCCOC[C@H](CC(C)C)NC(=O)[C@H](CC(C)C)NC3=O)CC2)cc1C. The summed E-state index contributed by atoms with van der Waals surface area (Å²) < 4.78 is 5.99. The summed E-state index contributed by atoms with van der Waals surface area (Å²) in [5.74, 6) is 0.775. The van der Waals surface area contributed by atoms with Gasteiger partial charge in [-0.2, -0.15) is 0 Å². The maximum Gasteiger partial charge on any atom is 0.242 e. The summed E-state index contributed by atoms with van der Waals surface area (Å²) in [4.78, 5) is 29.9. The highest BCUT2D eigenvalue weighted by molar-refractivity contribution is 5.90. The number of ether oxygens (including phenoxy) is 1. The Bertz CT molecular complexity index is 905. The molecule has 6 nitrogen and oxygen atoms in total. The van der Waals surface area contributed by atoms with Crippen molar-refractivity contribution in [1.82, 2.24) is 15.5 Å². The van der Waals surface area contributed by atoms with Crippen LogP contribution in [0.3, 0.4) is 0 Å². The molecule has 38 heavy (non-hydrogen) atoms. The number of amides is 2. The Morgan fingerprint density at radius 2 is 1.63 bits per heavy atom. The number of carbonyl (C=O) groups is 2. The third kappa shape index (κ3) is 9.08. The van der Waals surface area contributed by atoms with Crippen molar-refractivity contribution in [2.45, 2.75) is 112 Å². The van der Waals surface area contributed by atoms with Crippen molar-refractivity contribution in [2.24, 2.45) is 17.3 Å². The van der Waals surface area contributed by atoms with Gasteiger partial charge in [0.05, 0.1) is 18.1 Å². The number of nitrogens with zero attached hydrogens (tertiary/aromatic N) is 1. The zero-order chi connectivity index (χ0) is 27.7. The summed E-state index contributed by atoms with van der Waals surface area (Å²) in [6, 6.07) is 6.18. The minimum absolute atomic E-state index is 0.0281. The van der Waals surface area contributed by atoms with Crippen molar-refractivity contribution in [3.8, 4) is 0 Å². The summed E-state index contributed by atoms with van der Waals surface area (Å²) in [6.45, 7) is 16.9. The highest BCUT2D eigenvalue weighted by atomic mass is 16.5. The van der Waals surface area contributed by atoms with Crippen LogP contribution >= 0.6 is 0 Å². The topological polar surface area (TPSA) is 70.7 Å². The van der Waals surface area contributed by atoms with Crippen LogP contribution in [-0.2, 0) is 20.9 Å². The Balaban J connectivity index is 1.73. The predicted molar refractivity (Wildman–Crippen MR) is 155 cm³/mol. The van der Waals surface area contributed by atoms with E-state index in [4.69, 9.17) is 4.74 Å². The summed E-state index contributed by atoms with van der Waals surface area (Å²) in [7, 11) is 0. The lowest BCUT2D eigenvalue weighted by Crippen LogP contribution is -2.56. The smallest absolute Gasteiger partial charge is 0.242 e. The number of rotatable bonds is 6. The van der Waals surface area contributed by atoms with E-state index in [1.807, 2.05) is 0 Å². The number of carbonyl (C=O) groups excluding carboxylic acids is 2. The van der Waals surface area contributed by atoms with E-state index in [1.54, 1.807) is 0 Å². The van der Waals surface area contributed by atoms with Gasteiger partial charge in [-0.25, -0.2) is 0 Å². The molecule has 214 valence electrons. The van der Waals surface area contributed by atoms with E-state index in [9.17, 15) is 9.59 Å². The quantitative estimate of drug-likeness (QED) is 0.510. The predicted octanol–water partition coefficient (Wildman–Crippen LogP) is 5.54. The molecule has 2 N–H and O–H groups in total. The van der Waals surface area contributed by atoms with Gasteiger partial charge in [-0.05, 0) is 94.0 Å². The first kappa shape index (κ1) is 30.6. The van der Waals surface area contributed by atoms with Crippen LogP contribution in [-0.4, -0.2) is 55.1 Å².